The van der Waals surface area contributed by atoms with Crippen LogP contribution in [0.25, 0.3) is 0 Å². The molecule has 1 saturated heterocycles. The number of hydrogen-bond acceptors (Lipinski definition) is 5. The van der Waals surface area contributed by atoms with E-state index in [1.54, 1.807) is 6.20 Å². The molecule has 1 aliphatic rings. The molecule has 7 heteroatoms. The van der Waals surface area contributed by atoms with Gasteiger partial charge in [0.25, 0.3) is 0 Å². The normalized spacial score (nSPS) is 19.5. The van der Waals surface area contributed by atoms with Crippen LogP contribution in [-0.2, 0) is 17.9 Å². The average molecular weight is 255 g/mol. The Hall–Kier alpha value is -1.08. The van der Waals surface area contributed by atoms with E-state index >= 15 is 0 Å². The molecule has 2 rings (SSSR count). The summed E-state index contributed by atoms with van der Waals surface area (Å²) in [4.78, 5) is 11.6. The first-order chi connectivity index (χ1) is 8.28. The van der Waals surface area contributed by atoms with E-state index in [9.17, 15) is 4.79 Å². The minimum Gasteiger partial charge on any atom is -0.353 e. The quantitative estimate of drug-likeness (QED) is 0.757. The Morgan fingerprint density at radius 1 is 1.71 bits per heavy atom. The number of carbonyl (C=O) groups is 1. The molecule has 1 atom stereocenters. The minimum absolute atomic E-state index is 0.0222. The van der Waals surface area contributed by atoms with E-state index in [1.807, 2.05) is 11.8 Å². The second-order valence-electron chi connectivity index (χ2n) is 4.05. The lowest BCUT2D eigenvalue weighted by Crippen LogP contribution is -2.32. The van der Waals surface area contributed by atoms with Crippen molar-refractivity contribution < 1.29 is 4.79 Å². The predicted octanol–water partition coefficient (Wildman–Crippen LogP) is -0.251. The fourth-order valence-electron chi connectivity index (χ4n) is 1.75. The first-order valence-corrected chi connectivity index (χ1v) is 6.80. The van der Waals surface area contributed by atoms with Crippen LogP contribution in [0.5, 0.6) is 0 Å². The number of hydrogen-bond donors (Lipinski definition) is 2. The number of rotatable bonds is 5. The zero-order valence-corrected chi connectivity index (χ0v) is 10.4. The molecule has 0 saturated carbocycles. The summed E-state index contributed by atoms with van der Waals surface area (Å²) in [5, 5.41) is 11.2. The fraction of sp³-hybridized carbons (Fsp3) is 0.700. The van der Waals surface area contributed by atoms with E-state index in [0.29, 0.717) is 17.5 Å². The Morgan fingerprint density at radius 2 is 2.59 bits per heavy atom. The van der Waals surface area contributed by atoms with Gasteiger partial charge in [0.15, 0.2) is 0 Å². The molecule has 0 aromatic carbocycles. The lowest BCUT2D eigenvalue weighted by molar-refractivity contribution is -0.121. The predicted molar refractivity (Wildman–Crippen MR) is 66.4 cm³/mol. The molecule has 1 fully saturated rings. The van der Waals surface area contributed by atoms with E-state index in [-0.39, 0.29) is 12.5 Å². The molecule has 1 aliphatic heterocycles. The molecule has 2 heterocycles. The molecule has 1 aromatic heterocycles. The monoisotopic (exact) mass is 255 g/mol. The minimum atomic E-state index is -0.0222. The van der Waals surface area contributed by atoms with Crippen LogP contribution in [0.4, 0.5) is 0 Å². The molecule has 94 valence electrons. The van der Waals surface area contributed by atoms with Gasteiger partial charge in [-0.3, -0.25) is 4.79 Å². The molecule has 6 nitrogen and oxygen atoms in total. The van der Waals surface area contributed by atoms with Crippen LogP contribution in [0.3, 0.4) is 0 Å². The smallest absolute Gasteiger partial charge is 0.241 e. The summed E-state index contributed by atoms with van der Waals surface area (Å²) in [5.74, 6) is 1.19. The molecule has 1 amide bonds. The van der Waals surface area contributed by atoms with Gasteiger partial charge >= 0.3 is 0 Å². The Balaban J connectivity index is 1.72. The first kappa shape index (κ1) is 12.4. The topological polar surface area (TPSA) is 85.8 Å². The van der Waals surface area contributed by atoms with E-state index in [4.69, 9.17) is 5.73 Å². The summed E-state index contributed by atoms with van der Waals surface area (Å²) in [6, 6.07) is 0. The molecule has 0 bridgehead atoms. The van der Waals surface area contributed by atoms with Crippen molar-refractivity contribution in [1.29, 1.82) is 0 Å². The van der Waals surface area contributed by atoms with Gasteiger partial charge < -0.3 is 11.1 Å². The number of aromatic nitrogens is 3. The van der Waals surface area contributed by atoms with Gasteiger partial charge in [-0.1, -0.05) is 5.21 Å². The number of nitrogens with two attached hydrogens (primary N) is 1. The largest absolute Gasteiger partial charge is 0.353 e. The maximum Gasteiger partial charge on any atom is 0.241 e. The van der Waals surface area contributed by atoms with Crippen LogP contribution in [0.15, 0.2) is 6.20 Å². The number of carbonyl (C=O) groups excluding carboxylic acids is 1. The van der Waals surface area contributed by atoms with Crippen LogP contribution >= 0.6 is 11.8 Å². The third kappa shape index (κ3) is 3.71. The number of nitrogens with zero attached hydrogens (tertiary/aromatic N) is 3. The summed E-state index contributed by atoms with van der Waals surface area (Å²) in [7, 11) is 0. The van der Waals surface area contributed by atoms with Crippen LogP contribution in [0, 0.1) is 0 Å². The lowest BCUT2D eigenvalue weighted by atomic mass is 10.2. The second-order valence-corrected chi connectivity index (χ2v) is 5.46. The molecule has 1 aromatic rings. The highest BCUT2D eigenvalue weighted by Crippen LogP contribution is 2.25. The van der Waals surface area contributed by atoms with Gasteiger partial charge in [-0.05, 0) is 18.6 Å². The van der Waals surface area contributed by atoms with E-state index < -0.39 is 0 Å². The van der Waals surface area contributed by atoms with Gasteiger partial charge in [0.2, 0.25) is 5.91 Å². The van der Waals surface area contributed by atoms with Crippen molar-refractivity contribution in [3.63, 3.8) is 0 Å². The van der Waals surface area contributed by atoms with Gasteiger partial charge in [0.1, 0.15) is 6.54 Å². The van der Waals surface area contributed by atoms with Crippen molar-refractivity contribution in [3.8, 4) is 0 Å². The van der Waals surface area contributed by atoms with Gasteiger partial charge in [0.05, 0.1) is 11.9 Å². The summed E-state index contributed by atoms with van der Waals surface area (Å²) in [5.41, 5.74) is 6.11. The summed E-state index contributed by atoms with van der Waals surface area (Å²) in [6.07, 6.45) is 4.16. The van der Waals surface area contributed by atoms with Crippen molar-refractivity contribution in [2.45, 2.75) is 31.2 Å². The van der Waals surface area contributed by atoms with Crippen molar-refractivity contribution in [2.24, 2.45) is 5.73 Å². The molecule has 17 heavy (non-hydrogen) atoms. The highest BCUT2D eigenvalue weighted by molar-refractivity contribution is 8.00. The van der Waals surface area contributed by atoms with Gasteiger partial charge in [0, 0.05) is 18.3 Å². The van der Waals surface area contributed by atoms with E-state index in [1.165, 1.54) is 23.3 Å². The zero-order chi connectivity index (χ0) is 12.1. The first-order valence-electron chi connectivity index (χ1n) is 5.75. The molecule has 1 unspecified atom stereocenters. The van der Waals surface area contributed by atoms with Gasteiger partial charge in [-0.25, -0.2) is 4.68 Å². The van der Waals surface area contributed by atoms with Crippen molar-refractivity contribution in [3.05, 3.63) is 11.9 Å². The van der Waals surface area contributed by atoms with Crippen LogP contribution in [-0.4, -0.2) is 38.4 Å². The molecular formula is C10H17N5OS. The highest BCUT2D eigenvalue weighted by Gasteiger charge is 2.16. The maximum absolute atomic E-state index is 11.6. The van der Waals surface area contributed by atoms with E-state index in [0.717, 1.165) is 6.54 Å². The van der Waals surface area contributed by atoms with Gasteiger partial charge in [-0.2, -0.15) is 11.8 Å². The Morgan fingerprint density at radius 3 is 3.24 bits per heavy atom. The van der Waals surface area contributed by atoms with Gasteiger partial charge in [-0.15, -0.1) is 5.10 Å². The third-order valence-electron chi connectivity index (χ3n) is 2.65. The lowest BCUT2D eigenvalue weighted by Gasteiger charge is -2.09. The molecule has 0 aliphatic carbocycles. The Bertz CT molecular complexity index is 375. The number of thioether (sulfide) groups is 1. The zero-order valence-electron chi connectivity index (χ0n) is 9.63. The summed E-state index contributed by atoms with van der Waals surface area (Å²) < 4.78 is 1.51. The molecule has 0 radical (unpaired) electrons. The van der Waals surface area contributed by atoms with Crippen LogP contribution in [0.1, 0.15) is 18.5 Å². The Labute approximate surface area is 104 Å². The van der Waals surface area contributed by atoms with Crippen molar-refractivity contribution in [1.82, 2.24) is 20.3 Å². The third-order valence-corrected chi connectivity index (χ3v) is 4.05. The summed E-state index contributed by atoms with van der Waals surface area (Å²) in [6.45, 7) is 1.31. The van der Waals surface area contributed by atoms with Crippen LogP contribution in [0.2, 0.25) is 0 Å². The van der Waals surface area contributed by atoms with E-state index in [2.05, 4.69) is 15.6 Å². The number of amides is 1. The standard InChI is InChI=1S/C10H17N5OS/c11-4-8-6-15(14-13-8)7-10(16)12-5-9-2-1-3-17-9/h6,9H,1-5,7,11H2,(H,12,16). The highest BCUT2D eigenvalue weighted by atomic mass is 32.2. The van der Waals surface area contributed by atoms with Crippen LogP contribution < -0.4 is 11.1 Å². The second kappa shape index (κ2) is 6.02. The fourth-order valence-corrected chi connectivity index (χ4v) is 2.95. The molecule has 3 N–H and O–H groups in total. The van der Waals surface area contributed by atoms with Crippen molar-refractivity contribution in [2.75, 3.05) is 12.3 Å². The summed E-state index contributed by atoms with van der Waals surface area (Å²) >= 11 is 1.93. The molecule has 0 spiro atoms. The Kier molecular flexibility index (Phi) is 4.38. The maximum atomic E-state index is 11.6. The molecular weight excluding hydrogens is 238 g/mol. The SMILES string of the molecule is NCc1cn(CC(=O)NCC2CCCS2)nn1. The number of nitrogens with one attached hydrogen (secondary N) is 1. The van der Waals surface area contributed by atoms with Crippen molar-refractivity contribution >= 4 is 17.7 Å². The average Bonchev–Trinajstić information content (AvgIpc) is 2.97.